The van der Waals surface area contributed by atoms with Crippen LogP contribution in [0.15, 0.2) is 64.4 Å². The number of hydrogen-bond donors (Lipinski definition) is 1. The fourth-order valence-corrected chi connectivity index (χ4v) is 6.73. The molecule has 0 spiro atoms. The SMILES string of the molecule is COc1cccc(-c2c(C)c(Cc3c(F)cccc3F)c3n(c2=O)C(C(N)c2cccc(F)c2Cl)CS3)c1F. The Morgan fingerprint density at radius 3 is 2.36 bits per heavy atom. The lowest BCUT2D eigenvalue weighted by atomic mass is 9.93. The first-order valence-corrected chi connectivity index (χ1v) is 13.4. The van der Waals surface area contributed by atoms with Gasteiger partial charge in [-0.25, -0.2) is 17.6 Å². The molecular weight excluding hydrogens is 552 g/mol. The summed E-state index contributed by atoms with van der Waals surface area (Å²) >= 11 is 7.51. The molecule has 0 saturated heterocycles. The Kier molecular flexibility index (Phi) is 7.50. The van der Waals surface area contributed by atoms with E-state index in [1.807, 2.05) is 0 Å². The number of aromatic nitrogens is 1. The number of halogens is 5. The summed E-state index contributed by atoms with van der Waals surface area (Å²) in [6.07, 6.45) is -0.186. The van der Waals surface area contributed by atoms with Crippen LogP contribution in [-0.2, 0) is 6.42 Å². The van der Waals surface area contributed by atoms with E-state index in [1.165, 1.54) is 53.8 Å². The number of nitrogens with two attached hydrogens (primary N) is 1. The van der Waals surface area contributed by atoms with Crippen molar-refractivity contribution in [2.24, 2.45) is 5.73 Å². The monoisotopic (exact) mass is 574 g/mol. The summed E-state index contributed by atoms with van der Waals surface area (Å²) in [4.78, 5) is 14.1. The number of nitrogens with zero attached hydrogens (tertiary/aromatic N) is 1. The molecule has 0 aliphatic carbocycles. The summed E-state index contributed by atoms with van der Waals surface area (Å²) in [6.45, 7) is 1.63. The number of ether oxygens (including phenoxy) is 1. The van der Waals surface area contributed by atoms with Gasteiger partial charge in [-0.2, -0.15) is 0 Å². The van der Waals surface area contributed by atoms with Crippen molar-refractivity contribution in [3.05, 3.63) is 115 Å². The molecule has 39 heavy (non-hydrogen) atoms. The van der Waals surface area contributed by atoms with E-state index in [9.17, 15) is 18.0 Å². The molecule has 0 saturated carbocycles. The maximum Gasteiger partial charge on any atom is 0.260 e. The van der Waals surface area contributed by atoms with Gasteiger partial charge in [0.15, 0.2) is 11.6 Å². The Morgan fingerprint density at radius 2 is 1.67 bits per heavy atom. The van der Waals surface area contributed by atoms with Gasteiger partial charge in [-0.1, -0.05) is 41.9 Å². The second-order valence-corrected chi connectivity index (χ2v) is 10.6. The normalized spacial score (nSPS) is 15.3. The van der Waals surface area contributed by atoms with Gasteiger partial charge in [0.2, 0.25) is 0 Å². The molecule has 0 amide bonds. The van der Waals surface area contributed by atoms with E-state index in [4.69, 9.17) is 22.1 Å². The molecule has 0 radical (unpaired) electrons. The largest absolute Gasteiger partial charge is 0.494 e. The van der Waals surface area contributed by atoms with Crippen LogP contribution in [0.25, 0.3) is 11.1 Å². The summed E-state index contributed by atoms with van der Waals surface area (Å²) in [7, 11) is 1.31. The molecule has 1 aliphatic heterocycles. The lowest BCUT2D eigenvalue weighted by molar-refractivity contribution is 0.387. The Labute approximate surface area is 231 Å². The van der Waals surface area contributed by atoms with E-state index < -0.39 is 40.9 Å². The molecule has 3 aromatic carbocycles. The van der Waals surface area contributed by atoms with Crippen LogP contribution >= 0.6 is 23.4 Å². The third-order valence-electron chi connectivity index (χ3n) is 7.08. The van der Waals surface area contributed by atoms with Crippen LogP contribution in [0.1, 0.15) is 34.3 Å². The number of pyridine rings is 1. The highest BCUT2D eigenvalue weighted by atomic mass is 35.5. The first-order chi connectivity index (χ1) is 18.6. The van der Waals surface area contributed by atoms with Crippen molar-refractivity contribution >= 4 is 23.4 Å². The van der Waals surface area contributed by atoms with Gasteiger partial charge in [-0.15, -0.1) is 11.8 Å². The van der Waals surface area contributed by atoms with Crippen LogP contribution in [-0.4, -0.2) is 17.4 Å². The van der Waals surface area contributed by atoms with Gasteiger partial charge in [0.25, 0.3) is 5.56 Å². The summed E-state index contributed by atoms with van der Waals surface area (Å²) in [6, 6.07) is 10.7. The molecule has 4 aromatic rings. The van der Waals surface area contributed by atoms with Gasteiger partial charge >= 0.3 is 0 Å². The Hall–Kier alpha value is -3.27. The summed E-state index contributed by atoms with van der Waals surface area (Å²) in [5.74, 6) is -2.63. The van der Waals surface area contributed by atoms with E-state index in [-0.39, 0.29) is 33.9 Å². The van der Waals surface area contributed by atoms with Gasteiger partial charge in [0.1, 0.15) is 17.5 Å². The molecule has 4 nitrogen and oxygen atoms in total. The second kappa shape index (κ2) is 10.7. The maximum absolute atomic E-state index is 15.5. The van der Waals surface area contributed by atoms with Crippen molar-refractivity contribution in [1.29, 1.82) is 0 Å². The predicted molar refractivity (Wildman–Crippen MR) is 145 cm³/mol. The molecule has 0 fully saturated rings. The molecule has 0 bridgehead atoms. The van der Waals surface area contributed by atoms with Crippen molar-refractivity contribution in [1.82, 2.24) is 4.57 Å². The quantitative estimate of drug-likeness (QED) is 0.252. The zero-order valence-electron chi connectivity index (χ0n) is 20.9. The molecule has 2 N–H and O–H groups in total. The van der Waals surface area contributed by atoms with Gasteiger partial charge in [-0.05, 0) is 47.9 Å². The van der Waals surface area contributed by atoms with Crippen LogP contribution in [0.4, 0.5) is 17.6 Å². The second-order valence-electron chi connectivity index (χ2n) is 9.20. The molecule has 2 heterocycles. The number of thioether (sulfide) groups is 1. The summed E-state index contributed by atoms with van der Waals surface area (Å²) < 4.78 is 65.8. The smallest absolute Gasteiger partial charge is 0.260 e. The average molecular weight is 575 g/mol. The molecular formula is C29H23ClF4N2O2S. The first-order valence-electron chi connectivity index (χ1n) is 12.0. The number of hydrogen-bond acceptors (Lipinski definition) is 4. The lowest BCUT2D eigenvalue weighted by Crippen LogP contribution is -2.33. The van der Waals surface area contributed by atoms with Crippen LogP contribution in [0.5, 0.6) is 5.75 Å². The number of rotatable bonds is 6. The van der Waals surface area contributed by atoms with Crippen LogP contribution in [0.2, 0.25) is 5.02 Å². The van der Waals surface area contributed by atoms with E-state index in [1.54, 1.807) is 19.1 Å². The fraction of sp³-hybridized carbons (Fsp3) is 0.207. The van der Waals surface area contributed by atoms with Gasteiger partial charge in [0, 0.05) is 23.3 Å². The minimum Gasteiger partial charge on any atom is -0.494 e. The van der Waals surface area contributed by atoms with Gasteiger partial charge in [-0.3, -0.25) is 9.36 Å². The number of methoxy groups -OCH3 is 1. The van der Waals surface area contributed by atoms with E-state index in [2.05, 4.69) is 0 Å². The number of benzene rings is 3. The molecule has 5 rings (SSSR count). The van der Waals surface area contributed by atoms with E-state index in [0.29, 0.717) is 27.5 Å². The van der Waals surface area contributed by atoms with E-state index in [0.717, 1.165) is 12.1 Å². The minimum absolute atomic E-state index is 0.0181. The third-order valence-corrected chi connectivity index (χ3v) is 8.71. The van der Waals surface area contributed by atoms with Gasteiger partial charge in [0.05, 0.1) is 34.8 Å². The fourth-order valence-electron chi connectivity index (χ4n) is 5.04. The zero-order chi connectivity index (χ0) is 28.0. The molecule has 1 aromatic heterocycles. The van der Waals surface area contributed by atoms with Crippen molar-refractivity contribution in [3.8, 4) is 16.9 Å². The Morgan fingerprint density at radius 1 is 1.03 bits per heavy atom. The summed E-state index contributed by atoms with van der Waals surface area (Å²) in [5.41, 5.74) is 7.00. The van der Waals surface area contributed by atoms with Gasteiger partial charge < -0.3 is 10.5 Å². The van der Waals surface area contributed by atoms with Crippen molar-refractivity contribution < 1.29 is 22.3 Å². The highest BCUT2D eigenvalue weighted by molar-refractivity contribution is 7.99. The number of fused-ring (bicyclic) bond motifs is 1. The average Bonchev–Trinajstić information content (AvgIpc) is 3.35. The third kappa shape index (κ3) is 4.62. The Balaban J connectivity index is 1.78. The standard InChI is InChI=1S/C29H23ClF4N2O2S/c1-14-17(12-18-19(31)8-5-9-20(18)32)29-36(28(37)24(14)15-6-4-11-23(38-2)26(15)34)22(13-39-29)27(35)16-7-3-10-21(33)25(16)30/h3-11,22,27H,12-13,35H2,1-2H3. The predicted octanol–water partition coefficient (Wildman–Crippen LogP) is 6.98. The maximum atomic E-state index is 15.5. The molecule has 2 atom stereocenters. The summed E-state index contributed by atoms with van der Waals surface area (Å²) in [5, 5.41) is 0.302. The highest BCUT2D eigenvalue weighted by Gasteiger charge is 2.36. The van der Waals surface area contributed by atoms with Crippen molar-refractivity contribution in [3.63, 3.8) is 0 Å². The first kappa shape index (κ1) is 27.3. The lowest BCUT2D eigenvalue weighted by Gasteiger charge is -2.25. The van der Waals surface area contributed by atoms with E-state index >= 15 is 4.39 Å². The minimum atomic E-state index is -0.900. The van der Waals surface area contributed by atoms with Crippen molar-refractivity contribution in [2.75, 3.05) is 12.9 Å². The van der Waals surface area contributed by atoms with Crippen molar-refractivity contribution in [2.45, 2.75) is 30.5 Å². The molecule has 10 heteroatoms. The topological polar surface area (TPSA) is 57.2 Å². The molecule has 202 valence electrons. The van der Waals surface area contributed by atoms with Crippen LogP contribution < -0.4 is 16.0 Å². The molecule has 1 aliphatic rings. The highest BCUT2D eigenvalue weighted by Crippen LogP contribution is 2.44. The van der Waals surface area contributed by atoms with Crippen LogP contribution in [0.3, 0.4) is 0 Å². The van der Waals surface area contributed by atoms with Crippen LogP contribution in [0, 0.1) is 30.2 Å². The molecule has 2 unspecified atom stereocenters. The zero-order valence-corrected chi connectivity index (χ0v) is 22.5. The Bertz CT molecular complexity index is 1640.